The van der Waals surface area contributed by atoms with Gasteiger partial charge in [0.2, 0.25) is 0 Å². The summed E-state index contributed by atoms with van der Waals surface area (Å²) in [7, 11) is 0. The Bertz CT molecular complexity index is 347. The first-order valence-electron chi connectivity index (χ1n) is 4.22. The SMILES string of the molecule is CC(C)(CO)c1ccc(O)c(O)c1F. The van der Waals surface area contributed by atoms with Crippen molar-refractivity contribution in [1.82, 2.24) is 0 Å². The Kier molecular flexibility index (Phi) is 2.66. The highest BCUT2D eigenvalue weighted by Gasteiger charge is 2.25. The maximum atomic E-state index is 13.4. The van der Waals surface area contributed by atoms with Crippen LogP contribution in [0.1, 0.15) is 19.4 Å². The van der Waals surface area contributed by atoms with Gasteiger partial charge in [0, 0.05) is 5.41 Å². The number of aromatic hydroxyl groups is 2. The molecule has 3 nitrogen and oxygen atoms in total. The lowest BCUT2D eigenvalue weighted by Crippen LogP contribution is -2.23. The van der Waals surface area contributed by atoms with Crippen molar-refractivity contribution < 1.29 is 19.7 Å². The van der Waals surface area contributed by atoms with E-state index in [1.54, 1.807) is 13.8 Å². The highest BCUT2D eigenvalue weighted by atomic mass is 19.1. The molecule has 0 aromatic heterocycles. The summed E-state index contributed by atoms with van der Waals surface area (Å²) in [5, 5.41) is 27.2. The van der Waals surface area contributed by atoms with Crippen LogP contribution in [0.4, 0.5) is 4.39 Å². The van der Waals surface area contributed by atoms with Crippen LogP contribution < -0.4 is 0 Å². The van der Waals surface area contributed by atoms with Gasteiger partial charge in [0.1, 0.15) is 0 Å². The van der Waals surface area contributed by atoms with E-state index in [4.69, 9.17) is 15.3 Å². The second-order valence-electron chi connectivity index (χ2n) is 3.84. The highest BCUT2D eigenvalue weighted by molar-refractivity contribution is 5.44. The summed E-state index contributed by atoms with van der Waals surface area (Å²) in [6.45, 7) is 3.04. The second-order valence-corrected chi connectivity index (χ2v) is 3.84. The number of phenolic OH excluding ortho intramolecular Hbond substituents is 2. The van der Waals surface area contributed by atoms with E-state index in [0.717, 1.165) is 0 Å². The quantitative estimate of drug-likeness (QED) is 0.634. The first kappa shape index (κ1) is 10.8. The summed E-state index contributed by atoms with van der Waals surface area (Å²) in [5.74, 6) is -2.16. The third-order valence-corrected chi connectivity index (χ3v) is 2.22. The Hall–Kier alpha value is -1.29. The van der Waals surface area contributed by atoms with Gasteiger partial charge in [0.25, 0.3) is 0 Å². The van der Waals surface area contributed by atoms with Crippen LogP contribution >= 0.6 is 0 Å². The van der Waals surface area contributed by atoms with Crippen molar-refractivity contribution in [1.29, 1.82) is 0 Å². The van der Waals surface area contributed by atoms with Crippen molar-refractivity contribution in [3.05, 3.63) is 23.5 Å². The third kappa shape index (κ3) is 1.65. The van der Waals surface area contributed by atoms with E-state index < -0.39 is 22.7 Å². The van der Waals surface area contributed by atoms with Gasteiger partial charge < -0.3 is 15.3 Å². The van der Waals surface area contributed by atoms with Crippen LogP contribution in [0.2, 0.25) is 0 Å². The smallest absolute Gasteiger partial charge is 0.194 e. The number of phenols is 2. The summed E-state index contributed by atoms with van der Waals surface area (Å²) in [5.41, 5.74) is -0.606. The number of aliphatic hydroxyl groups excluding tert-OH is 1. The van der Waals surface area contributed by atoms with Gasteiger partial charge in [-0.3, -0.25) is 0 Å². The summed E-state index contributed by atoms with van der Waals surface area (Å²) in [6, 6.07) is 2.55. The van der Waals surface area contributed by atoms with Gasteiger partial charge in [-0.1, -0.05) is 19.9 Å². The van der Waals surface area contributed by atoms with Crippen molar-refractivity contribution in [2.75, 3.05) is 6.61 Å². The topological polar surface area (TPSA) is 60.7 Å². The molecule has 1 rings (SSSR count). The molecule has 0 aliphatic rings. The zero-order valence-corrected chi connectivity index (χ0v) is 8.08. The van der Waals surface area contributed by atoms with Crippen molar-refractivity contribution in [2.45, 2.75) is 19.3 Å². The molecule has 0 aliphatic carbocycles. The van der Waals surface area contributed by atoms with Crippen molar-refractivity contribution in [3.8, 4) is 11.5 Å². The monoisotopic (exact) mass is 200 g/mol. The minimum absolute atomic E-state index is 0.176. The normalized spacial score (nSPS) is 11.7. The van der Waals surface area contributed by atoms with Crippen LogP contribution in [-0.4, -0.2) is 21.9 Å². The maximum absolute atomic E-state index is 13.4. The molecular formula is C10H13FO3. The van der Waals surface area contributed by atoms with E-state index in [2.05, 4.69) is 0 Å². The molecule has 0 radical (unpaired) electrons. The van der Waals surface area contributed by atoms with Gasteiger partial charge in [0.15, 0.2) is 17.3 Å². The first-order chi connectivity index (χ1) is 6.40. The van der Waals surface area contributed by atoms with E-state index in [1.165, 1.54) is 12.1 Å². The minimum Gasteiger partial charge on any atom is -0.504 e. The summed E-state index contributed by atoms with van der Waals surface area (Å²) < 4.78 is 13.4. The van der Waals surface area contributed by atoms with E-state index in [1.807, 2.05) is 0 Å². The Morgan fingerprint density at radius 1 is 1.29 bits per heavy atom. The first-order valence-corrected chi connectivity index (χ1v) is 4.22. The predicted octanol–water partition coefficient (Wildman–Crippen LogP) is 1.51. The number of hydrogen-bond acceptors (Lipinski definition) is 3. The lowest BCUT2D eigenvalue weighted by molar-refractivity contribution is 0.213. The molecule has 0 bridgehead atoms. The fourth-order valence-electron chi connectivity index (χ4n) is 1.16. The molecule has 0 amide bonds. The number of halogens is 1. The molecule has 4 heteroatoms. The lowest BCUT2D eigenvalue weighted by Gasteiger charge is -2.23. The number of aliphatic hydroxyl groups is 1. The Balaban J connectivity index is 3.31. The molecule has 0 aliphatic heterocycles. The van der Waals surface area contributed by atoms with E-state index >= 15 is 0 Å². The van der Waals surface area contributed by atoms with Crippen LogP contribution in [0.3, 0.4) is 0 Å². The van der Waals surface area contributed by atoms with Gasteiger partial charge in [0.05, 0.1) is 6.61 Å². The minimum atomic E-state index is -0.885. The molecule has 78 valence electrons. The molecule has 14 heavy (non-hydrogen) atoms. The summed E-state index contributed by atoms with van der Waals surface area (Å²) >= 11 is 0. The van der Waals surface area contributed by atoms with E-state index in [0.29, 0.717) is 0 Å². The van der Waals surface area contributed by atoms with Crippen LogP contribution in [0.25, 0.3) is 0 Å². The molecular weight excluding hydrogens is 187 g/mol. The summed E-state index contributed by atoms with van der Waals surface area (Å²) in [4.78, 5) is 0. The lowest BCUT2D eigenvalue weighted by atomic mass is 9.85. The Morgan fingerprint density at radius 2 is 1.86 bits per heavy atom. The second kappa shape index (κ2) is 3.46. The largest absolute Gasteiger partial charge is 0.504 e. The fourth-order valence-corrected chi connectivity index (χ4v) is 1.16. The van der Waals surface area contributed by atoms with Crippen LogP contribution in [0.15, 0.2) is 12.1 Å². The molecule has 3 N–H and O–H groups in total. The molecule has 0 fully saturated rings. The molecule has 0 saturated heterocycles. The molecule has 0 heterocycles. The van der Waals surface area contributed by atoms with Crippen molar-refractivity contribution in [3.63, 3.8) is 0 Å². The Labute approximate surface area is 81.4 Å². The molecule has 0 spiro atoms. The highest BCUT2D eigenvalue weighted by Crippen LogP contribution is 2.35. The molecule has 0 atom stereocenters. The summed E-state index contributed by atoms with van der Waals surface area (Å²) in [6.07, 6.45) is 0. The maximum Gasteiger partial charge on any atom is 0.194 e. The van der Waals surface area contributed by atoms with Gasteiger partial charge >= 0.3 is 0 Å². The Morgan fingerprint density at radius 3 is 2.36 bits per heavy atom. The molecule has 1 aromatic rings. The average molecular weight is 200 g/mol. The number of benzene rings is 1. The van der Waals surface area contributed by atoms with Crippen LogP contribution in [-0.2, 0) is 5.41 Å². The van der Waals surface area contributed by atoms with Gasteiger partial charge in [-0.25, -0.2) is 4.39 Å². The third-order valence-electron chi connectivity index (χ3n) is 2.22. The van der Waals surface area contributed by atoms with Crippen LogP contribution in [0, 0.1) is 5.82 Å². The fraction of sp³-hybridized carbons (Fsp3) is 0.400. The molecule has 1 aromatic carbocycles. The van der Waals surface area contributed by atoms with E-state index in [-0.39, 0.29) is 12.2 Å². The van der Waals surface area contributed by atoms with Gasteiger partial charge in [-0.05, 0) is 11.6 Å². The van der Waals surface area contributed by atoms with Crippen molar-refractivity contribution in [2.24, 2.45) is 0 Å². The average Bonchev–Trinajstić information content (AvgIpc) is 2.14. The van der Waals surface area contributed by atoms with Gasteiger partial charge in [-0.15, -0.1) is 0 Å². The van der Waals surface area contributed by atoms with Crippen molar-refractivity contribution >= 4 is 0 Å². The predicted molar refractivity (Wildman–Crippen MR) is 49.8 cm³/mol. The molecule has 0 unspecified atom stereocenters. The zero-order chi connectivity index (χ0) is 10.9. The number of hydrogen-bond donors (Lipinski definition) is 3. The molecule has 0 saturated carbocycles. The van der Waals surface area contributed by atoms with Crippen LogP contribution in [0.5, 0.6) is 11.5 Å². The standard InChI is InChI=1S/C10H13FO3/c1-10(2,5-12)6-3-4-7(13)9(14)8(6)11/h3-4,12-14H,5H2,1-2H3. The zero-order valence-electron chi connectivity index (χ0n) is 8.08. The van der Waals surface area contributed by atoms with E-state index in [9.17, 15) is 4.39 Å². The number of rotatable bonds is 2. The van der Waals surface area contributed by atoms with Gasteiger partial charge in [-0.2, -0.15) is 0 Å².